The van der Waals surface area contributed by atoms with Crippen molar-refractivity contribution in [2.45, 2.75) is 0 Å². The van der Waals surface area contributed by atoms with Crippen molar-refractivity contribution in [3.8, 4) is 22.6 Å². The zero-order chi connectivity index (χ0) is 27.9. The van der Waals surface area contributed by atoms with Gasteiger partial charge in [0.25, 0.3) is 0 Å². The predicted molar refractivity (Wildman–Crippen MR) is 175 cm³/mol. The lowest BCUT2D eigenvalue weighted by Gasteiger charge is -2.28. The van der Waals surface area contributed by atoms with Crippen LogP contribution in [0.2, 0.25) is 0 Å². The third-order valence-electron chi connectivity index (χ3n) is 7.89. The van der Waals surface area contributed by atoms with Crippen molar-refractivity contribution in [2.24, 2.45) is 0 Å². The number of nitrogens with zero attached hydrogens (tertiary/aromatic N) is 2. The molecule has 0 N–H and O–H groups in total. The quantitative estimate of drug-likeness (QED) is 0.218. The zero-order valence-corrected chi connectivity index (χ0v) is 22.8. The van der Waals surface area contributed by atoms with Gasteiger partial charge in [-0.05, 0) is 58.8 Å². The van der Waals surface area contributed by atoms with Crippen molar-refractivity contribution in [3.05, 3.63) is 158 Å². The highest BCUT2D eigenvalue weighted by Crippen LogP contribution is 2.42. The van der Waals surface area contributed by atoms with Crippen LogP contribution in [0.4, 0.5) is 17.1 Å². The first-order valence-electron chi connectivity index (χ1n) is 14.1. The van der Waals surface area contributed by atoms with E-state index in [-0.39, 0.29) is 0 Å². The van der Waals surface area contributed by atoms with Crippen LogP contribution < -0.4 is 4.90 Å². The molecule has 0 spiro atoms. The SMILES string of the molecule is c1ccc(-c2nc3cccc(-c4ccc(N(c5cccc6ccccc56)c5cccc6ccccc56)cc4)c3o2)cc1. The summed E-state index contributed by atoms with van der Waals surface area (Å²) in [6.45, 7) is 0. The molecule has 0 amide bonds. The molecule has 198 valence electrons. The van der Waals surface area contributed by atoms with E-state index < -0.39 is 0 Å². The fraction of sp³-hybridized carbons (Fsp3) is 0. The van der Waals surface area contributed by atoms with E-state index in [0.717, 1.165) is 44.9 Å². The normalized spacial score (nSPS) is 11.3. The van der Waals surface area contributed by atoms with Crippen molar-refractivity contribution in [1.82, 2.24) is 4.98 Å². The lowest BCUT2D eigenvalue weighted by atomic mass is 10.0. The van der Waals surface area contributed by atoms with E-state index in [1.807, 2.05) is 42.5 Å². The number of benzene rings is 7. The summed E-state index contributed by atoms with van der Waals surface area (Å²) in [6, 6.07) is 55.1. The van der Waals surface area contributed by atoms with Crippen LogP contribution in [0.25, 0.3) is 55.2 Å². The Morgan fingerprint density at radius 2 is 1.02 bits per heavy atom. The third-order valence-corrected chi connectivity index (χ3v) is 7.89. The minimum absolute atomic E-state index is 0.632. The van der Waals surface area contributed by atoms with Gasteiger partial charge in [0.05, 0.1) is 11.4 Å². The largest absolute Gasteiger partial charge is 0.435 e. The van der Waals surface area contributed by atoms with Gasteiger partial charge in [-0.3, -0.25) is 0 Å². The highest BCUT2D eigenvalue weighted by Gasteiger charge is 2.18. The number of anilines is 3. The highest BCUT2D eigenvalue weighted by atomic mass is 16.3. The number of fused-ring (bicyclic) bond motifs is 3. The second-order valence-corrected chi connectivity index (χ2v) is 10.4. The Morgan fingerprint density at radius 3 is 1.69 bits per heavy atom. The van der Waals surface area contributed by atoms with Gasteiger partial charge in [-0.25, -0.2) is 4.98 Å². The maximum atomic E-state index is 6.33. The summed E-state index contributed by atoms with van der Waals surface area (Å²) >= 11 is 0. The van der Waals surface area contributed by atoms with Gasteiger partial charge in [0, 0.05) is 27.6 Å². The number of aromatic nitrogens is 1. The molecule has 42 heavy (non-hydrogen) atoms. The Kier molecular flexibility index (Phi) is 5.79. The van der Waals surface area contributed by atoms with E-state index in [4.69, 9.17) is 9.40 Å². The molecule has 0 unspecified atom stereocenters. The minimum atomic E-state index is 0.632. The number of rotatable bonds is 5. The fourth-order valence-corrected chi connectivity index (χ4v) is 5.89. The first-order chi connectivity index (χ1) is 20.8. The Bertz CT molecular complexity index is 2110. The summed E-state index contributed by atoms with van der Waals surface area (Å²) in [6.07, 6.45) is 0. The molecule has 8 aromatic rings. The summed E-state index contributed by atoms with van der Waals surface area (Å²) in [5.74, 6) is 0.632. The molecule has 1 aromatic heterocycles. The maximum Gasteiger partial charge on any atom is 0.227 e. The van der Waals surface area contributed by atoms with Gasteiger partial charge in [0.1, 0.15) is 5.52 Å². The summed E-state index contributed by atoms with van der Waals surface area (Å²) in [5.41, 5.74) is 8.08. The van der Waals surface area contributed by atoms with Gasteiger partial charge < -0.3 is 9.32 Å². The maximum absolute atomic E-state index is 6.33. The average molecular weight is 539 g/mol. The standard InChI is InChI=1S/C39H26N2O/c1-2-13-30(14-3-1)39-40-35-20-10-19-34(38(35)42-39)29-23-25-31(26-24-29)41(36-21-8-15-27-11-4-6-17-32(27)36)37-22-9-16-28-12-5-7-18-33(28)37/h1-26H. The van der Waals surface area contributed by atoms with Crippen LogP contribution >= 0.6 is 0 Å². The number of hydrogen-bond donors (Lipinski definition) is 0. The smallest absolute Gasteiger partial charge is 0.227 e. The molecule has 0 aliphatic carbocycles. The van der Waals surface area contributed by atoms with E-state index in [0.29, 0.717) is 5.89 Å². The van der Waals surface area contributed by atoms with E-state index >= 15 is 0 Å². The molecular formula is C39H26N2O. The number of hydrogen-bond acceptors (Lipinski definition) is 3. The molecule has 0 saturated heterocycles. The second kappa shape index (κ2) is 10.1. The van der Waals surface area contributed by atoms with E-state index in [1.54, 1.807) is 0 Å². The molecule has 0 aliphatic heterocycles. The Morgan fingerprint density at radius 1 is 0.452 bits per heavy atom. The number of para-hydroxylation sites is 1. The van der Waals surface area contributed by atoms with Gasteiger partial charge in [-0.2, -0.15) is 0 Å². The van der Waals surface area contributed by atoms with Crippen LogP contribution in [0.3, 0.4) is 0 Å². The minimum Gasteiger partial charge on any atom is -0.435 e. The van der Waals surface area contributed by atoms with Crippen LogP contribution in [0.15, 0.2) is 162 Å². The van der Waals surface area contributed by atoms with Gasteiger partial charge in [0.2, 0.25) is 5.89 Å². The van der Waals surface area contributed by atoms with Crippen molar-refractivity contribution in [3.63, 3.8) is 0 Å². The lowest BCUT2D eigenvalue weighted by molar-refractivity contribution is 0.621. The molecule has 0 atom stereocenters. The summed E-state index contributed by atoms with van der Waals surface area (Å²) < 4.78 is 6.33. The topological polar surface area (TPSA) is 29.3 Å². The van der Waals surface area contributed by atoms with Crippen molar-refractivity contribution in [1.29, 1.82) is 0 Å². The van der Waals surface area contributed by atoms with Crippen LogP contribution in [0, 0.1) is 0 Å². The third kappa shape index (κ3) is 4.11. The molecule has 3 nitrogen and oxygen atoms in total. The molecule has 8 rings (SSSR count). The molecule has 1 heterocycles. The van der Waals surface area contributed by atoms with E-state index in [2.05, 4.69) is 120 Å². The van der Waals surface area contributed by atoms with Crippen molar-refractivity contribution < 1.29 is 4.42 Å². The summed E-state index contributed by atoms with van der Waals surface area (Å²) in [5, 5.41) is 4.83. The van der Waals surface area contributed by atoms with Crippen LogP contribution in [0.1, 0.15) is 0 Å². The zero-order valence-electron chi connectivity index (χ0n) is 22.8. The van der Waals surface area contributed by atoms with Crippen molar-refractivity contribution >= 4 is 49.7 Å². The summed E-state index contributed by atoms with van der Waals surface area (Å²) in [4.78, 5) is 7.15. The highest BCUT2D eigenvalue weighted by molar-refractivity contribution is 6.05. The van der Waals surface area contributed by atoms with Crippen LogP contribution in [0.5, 0.6) is 0 Å². The number of oxazole rings is 1. The molecule has 0 fully saturated rings. The van der Waals surface area contributed by atoms with Gasteiger partial charge in [-0.15, -0.1) is 0 Å². The molecule has 7 aromatic carbocycles. The van der Waals surface area contributed by atoms with Gasteiger partial charge >= 0.3 is 0 Å². The average Bonchev–Trinajstić information content (AvgIpc) is 3.51. The Balaban J connectivity index is 1.28. The van der Waals surface area contributed by atoms with E-state index in [1.165, 1.54) is 21.5 Å². The first kappa shape index (κ1) is 24.2. The molecule has 0 radical (unpaired) electrons. The Labute approximate surface area is 243 Å². The second-order valence-electron chi connectivity index (χ2n) is 10.4. The molecule has 0 aliphatic rings. The fourth-order valence-electron chi connectivity index (χ4n) is 5.89. The van der Waals surface area contributed by atoms with Crippen LogP contribution in [-0.2, 0) is 0 Å². The van der Waals surface area contributed by atoms with Gasteiger partial charge in [-0.1, -0.05) is 115 Å². The van der Waals surface area contributed by atoms with E-state index in [9.17, 15) is 0 Å². The molecule has 0 bridgehead atoms. The lowest BCUT2D eigenvalue weighted by Crippen LogP contribution is -2.11. The molecule has 3 heteroatoms. The Hall–Kier alpha value is -5.67. The monoisotopic (exact) mass is 538 g/mol. The molecule has 0 saturated carbocycles. The van der Waals surface area contributed by atoms with Crippen molar-refractivity contribution in [2.75, 3.05) is 4.90 Å². The molecular weight excluding hydrogens is 512 g/mol. The van der Waals surface area contributed by atoms with Crippen LogP contribution in [-0.4, -0.2) is 4.98 Å². The van der Waals surface area contributed by atoms with Gasteiger partial charge in [0.15, 0.2) is 5.58 Å². The predicted octanol–water partition coefficient (Wildman–Crippen LogP) is 10.9. The summed E-state index contributed by atoms with van der Waals surface area (Å²) in [7, 11) is 0. The first-order valence-corrected chi connectivity index (χ1v) is 14.1.